The smallest absolute Gasteiger partial charge is 0.257 e. The van der Waals surface area contributed by atoms with Crippen LogP contribution in [0.3, 0.4) is 0 Å². The fourth-order valence-electron chi connectivity index (χ4n) is 3.19. The third kappa shape index (κ3) is 3.44. The predicted octanol–water partition coefficient (Wildman–Crippen LogP) is 4.50. The molecule has 0 aliphatic carbocycles. The van der Waals surface area contributed by atoms with Crippen LogP contribution < -0.4 is 5.32 Å². The number of aryl methyl sites for hydroxylation is 1. The summed E-state index contributed by atoms with van der Waals surface area (Å²) < 4.78 is 2.63. The summed E-state index contributed by atoms with van der Waals surface area (Å²) in [4.78, 5) is 17.5. The number of anilines is 1. The highest BCUT2D eigenvalue weighted by atomic mass is 32.1. The zero-order valence-electron chi connectivity index (χ0n) is 16.0. The number of nitrogens with zero attached hydrogens (tertiary/aromatic N) is 5. The number of para-hydroxylation sites is 1. The second-order valence-electron chi connectivity index (χ2n) is 6.79. The van der Waals surface area contributed by atoms with Crippen LogP contribution in [0.2, 0.25) is 0 Å². The van der Waals surface area contributed by atoms with Gasteiger partial charge in [0.1, 0.15) is 11.3 Å². The van der Waals surface area contributed by atoms with Crippen LogP contribution in [0.5, 0.6) is 0 Å². The van der Waals surface area contributed by atoms with Crippen molar-refractivity contribution in [3.05, 3.63) is 84.2 Å². The minimum atomic E-state index is -0.232. The minimum Gasteiger partial charge on any atom is -0.322 e. The number of rotatable bonds is 4. The summed E-state index contributed by atoms with van der Waals surface area (Å²) in [6.45, 7) is 2.08. The molecule has 0 aliphatic rings. The normalized spacial score (nSPS) is 11.0. The summed E-state index contributed by atoms with van der Waals surface area (Å²) in [5.41, 5.74) is 5.03. The van der Waals surface area contributed by atoms with Crippen molar-refractivity contribution in [3.63, 3.8) is 0 Å². The molecule has 146 valence electrons. The average Bonchev–Trinajstić information content (AvgIpc) is 3.44. The molecule has 0 saturated carbocycles. The van der Waals surface area contributed by atoms with Gasteiger partial charge >= 0.3 is 0 Å². The Bertz CT molecular complexity index is 1340. The molecule has 0 bridgehead atoms. The first-order valence-electron chi connectivity index (χ1n) is 9.29. The van der Waals surface area contributed by atoms with Crippen LogP contribution in [0.25, 0.3) is 26.5 Å². The van der Waals surface area contributed by atoms with E-state index in [2.05, 4.69) is 39.9 Å². The number of hydrogen-bond donors (Lipinski definition) is 1. The number of hydrogen-bond acceptors (Lipinski definition) is 6. The van der Waals surface area contributed by atoms with Crippen molar-refractivity contribution in [2.24, 2.45) is 0 Å². The number of fused-ring (bicyclic) bond motifs is 1. The average molecular weight is 412 g/mol. The third-order valence-corrected chi connectivity index (χ3v) is 5.75. The first-order chi connectivity index (χ1) is 14.7. The Morgan fingerprint density at radius 3 is 2.67 bits per heavy atom. The summed E-state index contributed by atoms with van der Waals surface area (Å²) in [7, 11) is 0. The maximum absolute atomic E-state index is 12.8. The summed E-state index contributed by atoms with van der Waals surface area (Å²) >= 11 is 1.66. The first-order valence-corrected chi connectivity index (χ1v) is 10.1. The van der Waals surface area contributed by atoms with Crippen molar-refractivity contribution in [1.29, 1.82) is 0 Å². The second-order valence-corrected chi connectivity index (χ2v) is 7.82. The summed E-state index contributed by atoms with van der Waals surface area (Å²) in [5.74, 6) is -0.232. The van der Waals surface area contributed by atoms with Crippen molar-refractivity contribution in [2.45, 2.75) is 6.92 Å². The Morgan fingerprint density at radius 2 is 1.87 bits per heavy atom. The monoisotopic (exact) mass is 412 g/mol. The van der Waals surface area contributed by atoms with E-state index in [0.717, 1.165) is 16.1 Å². The zero-order valence-corrected chi connectivity index (χ0v) is 16.8. The number of nitrogens with one attached hydrogen (secondary N) is 1. The molecule has 0 aliphatic heterocycles. The van der Waals surface area contributed by atoms with E-state index in [1.54, 1.807) is 29.5 Å². The third-order valence-electron chi connectivity index (χ3n) is 4.68. The second kappa shape index (κ2) is 7.49. The number of amides is 1. The molecule has 0 atom stereocenters. The largest absolute Gasteiger partial charge is 0.322 e. The van der Waals surface area contributed by atoms with Gasteiger partial charge in [-0.25, -0.2) is 4.98 Å². The lowest BCUT2D eigenvalue weighted by Crippen LogP contribution is -2.15. The molecule has 30 heavy (non-hydrogen) atoms. The van der Waals surface area contributed by atoms with E-state index in [0.29, 0.717) is 16.9 Å². The van der Waals surface area contributed by atoms with Gasteiger partial charge in [0.25, 0.3) is 5.91 Å². The molecule has 3 aromatic carbocycles. The van der Waals surface area contributed by atoms with Crippen LogP contribution in [0, 0.1) is 6.92 Å². The van der Waals surface area contributed by atoms with Crippen LogP contribution in [-0.2, 0) is 0 Å². The Balaban J connectivity index is 1.38. The van der Waals surface area contributed by atoms with E-state index in [4.69, 9.17) is 4.98 Å². The van der Waals surface area contributed by atoms with Crippen molar-refractivity contribution in [3.8, 4) is 16.3 Å². The molecule has 5 aromatic rings. The number of carbonyl (C=O) groups is 1. The maximum atomic E-state index is 12.8. The molecule has 2 aromatic heterocycles. The van der Waals surface area contributed by atoms with Gasteiger partial charge in [-0.05, 0) is 71.4 Å². The Hall–Kier alpha value is -3.91. The molecule has 0 saturated heterocycles. The molecular formula is C22H16N6OS. The molecular weight excluding hydrogens is 396 g/mol. The minimum absolute atomic E-state index is 0.232. The van der Waals surface area contributed by atoms with Crippen molar-refractivity contribution in [2.75, 3.05) is 5.32 Å². The zero-order chi connectivity index (χ0) is 20.5. The molecule has 1 amide bonds. The number of aromatic nitrogens is 5. The molecule has 1 N–H and O–H groups in total. The molecule has 0 spiro atoms. The number of carbonyl (C=O) groups excluding carboxylic acids is 1. The number of thiazole rings is 1. The molecule has 8 heteroatoms. The molecule has 0 unspecified atom stereocenters. The van der Waals surface area contributed by atoms with Gasteiger partial charge in [-0.1, -0.05) is 18.2 Å². The van der Waals surface area contributed by atoms with Crippen molar-refractivity contribution in [1.82, 2.24) is 25.2 Å². The van der Waals surface area contributed by atoms with Crippen LogP contribution in [-0.4, -0.2) is 31.1 Å². The van der Waals surface area contributed by atoms with E-state index >= 15 is 0 Å². The lowest BCUT2D eigenvalue weighted by atomic mass is 10.1. The molecule has 0 fully saturated rings. The highest BCUT2D eigenvalue weighted by Crippen LogP contribution is 2.31. The fraction of sp³-hybridized carbons (Fsp3) is 0.0455. The van der Waals surface area contributed by atoms with Gasteiger partial charge in [-0.2, -0.15) is 4.68 Å². The van der Waals surface area contributed by atoms with Crippen molar-refractivity contribution >= 4 is 33.1 Å². The van der Waals surface area contributed by atoms with E-state index in [-0.39, 0.29) is 5.91 Å². The van der Waals surface area contributed by atoms with E-state index in [1.807, 2.05) is 36.4 Å². The topological polar surface area (TPSA) is 85.6 Å². The van der Waals surface area contributed by atoms with Gasteiger partial charge < -0.3 is 5.32 Å². The standard InChI is InChI=1S/C22H16N6OS/c1-14-6-11-18-20(12-14)30-22(25-18)15-7-9-16(10-8-15)24-21(29)17-4-2-3-5-19(17)28-13-23-26-27-28/h2-13H,1H3,(H,24,29). The molecule has 2 heterocycles. The molecule has 7 nitrogen and oxygen atoms in total. The summed E-state index contributed by atoms with van der Waals surface area (Å²) in [6.07, 6.45) is 1.46. The SMILES string of the molecule is Cc1ccc2nc(-c3ccc(NC(=O)c4ccccc4-n4cnnn4)cc3)sc2c1. The Labute approximate surface area is 176 Å². The summed E-state index contributed by atoms with van der Waals surface area (Å²) in [6, 6.07) is 21.1. The Kier molecular flexibility index (Phi) is 4.53. The highest BCUT2D eigenvalue weighted by Gasteiger charge is 2.14. The fourth-order valence-corrected chi connectivity index (χ4v) is 4.26. The van der Waals surface area contributed by atoms with Crippen LogP contribution in [0.1, 0.15) is 15.9 Å². The van der Waals surface area contributed by atoms with Crippen LogP contribution in [0.4, 0.5) is 5.69 Å². The van der Waals surface area contributed by atoms with Gasteiger partial charge in [0, 0.05) is 11.3 Å². The highest BCUT2D eigenvalue weighted by molar-refractivity contribution is 7.21. The van der Waals surface area contributed by atoms with Gasteiger partial charge in [-0.15, -0.1) is 16.4 Å². The maximum Gasteiger partial charge on any atom is 0.257 e. The van der Waals surface area contributed by atoms with E-state index in [1.165, 1.54) is 21.3 Å². The van der Waals surface area contributed by atoms with E-state index in [9.17, 15) is 4.79 Å². The van der Waals surface area contributed by atoms with E-state index < -0.39 is 0 Å². The summed E-state index contributed by atoms with van der Waals surface area (Å²) in [5, 5.41) is 15.0. The first kappa shape index (κ1) is 18.1. The number of benzene rings is 3. The predicted molar refractivity (Wildman–Crippen MR) is 117 cm³/mol. The van der Waals surface area contributed by atoms with Crippen LogP contribution in [0.15, 0.2) is 73.1 Å². The van der Waals surface area contributed by atoms with Gasteiger partial charge in [0.2, 0.25) is 0 Å². The van der Waals surface area contributed by atoms with Gasteiger partial charge in [0.05, 0.1) is 21.5 Å². The van der Waals surface area contributed by atoms with Gasteiger partial charge in [-0.3, -0.25) is 4.79 Å². The lowest BCUT2D eigenvalue weighted by Gasteiger charge is -2.09. The Morgan fingerprint density at radius 1 is 1.03 bits per heavy atom. The number of tetrazole rings is 1. The molecule has 5 rings (SSSR count). The van der Waals surface area contributed by atoms with Crippen LogP contribution >= 0.6 is 11.3 Å². The van der Waals surface area contributed by atoms with Gasteiger partial charge in [0.15, 0.2) is 0 Å². The lowest BCUT2D eigenvalue weighted by molar-refractivity contribution is 0.102. The van der Waals surface area contributed by atoms with Crippen molar-refractivity contribution < 1.29 is 4.79 Å². The quantitative estimate of drug-likeness (QED) is 0.470. The molecule has 0 radical (unpaired) electrons.